The third-order valence-corrected chi connectivity index (χ3v) is 3.02. The van der Waals surface area contributed by atoms with Crippen molar-refractivity contribution in [2.24, 2.45) is 0 Å². The number of carboxylic acids is 1. The van der Waals surface area contributed by atoms with Gasteiger partial charge >= 0.3 is 12.1 Å². The minimum absolute atomic E-state index is 0.165. The number of hydrogen-bond donors (Lipinski definition) is 1. The van der Waals surface area contributed by atoms with E-state index in [0.717, 1.165) is 17.0 Å². The Balaban J connectivity index is 3.07. The zero-order chi connectivity index (χ0) is 15.5. The number of nitrogens with zero attached hydrogens (tertiary/aromatic N) is 1. The fourth-order valence-electron chi connectivity index (χ4n) is 1.51. The fraction of sp³-hybridized carbons (Fsp3) is 0.333. The largest absolute Gasteiger partial charge is 0.481 e. The molecule has 20 heavy (non-hydrogen) atoms. The standard InChI is InChI=1S/C12H11BrF3NO3/c1-17(5-4-10(18)19)11(20)8-3-2-7(13)6-9(8)12(14,15)16/h2-3,6H,4-5H2,1H3,(H,18,19). The molecule has 4 nitrogen and oxygen atoms in total. The van der Waals surface area contributed by atoms with E-state index in [1.807, 2.05) is 0 Å². The molecule has 1 N–H and O–H groups in total. The van der Waals surface area contributed by atoms with Crippen LogP contribution in [0.15, 0.2) is 22.7 Å². The molecule has 0 bridgehead atoms. The van der Waals surface area contributed by atoms with Gasteiger partial charge in [0.1, 0.15) is 0 Å². The lowest BCUT2D eigenvalue weighted by Crippen LogP contribution is -2.30. The molecule has 0 aliphatic carbocycles. The van der Waals surface area contributed by atoms with E-state index in [1.54, 1.807) is 0 Å². The van der Waals surface area contributed by atoms with Crippen LogP contribution in [0.25, 0.3) is 0 Å². The second-order valence-corrected chi connectivity index (χ2v) is 4.97. The first-order chi connectivity index (χ1) is 9.12. The molecule has 0 saturated heterocycles. The molecule has 0 spiro atoms. The maximum atomic E-state index is 12.9. The molecule has 0 saturated carbocycles. The van der Waals surface area contributed by atoms with Gasteiger partial charge in [-0.2, -0.15) is 13.2 Å². The molecule has 0 atom stereocenters. The van der Waals surface area contributed by atoms with Crippen molar-refractivity contribution in [3.8, 4) is 0 Å². The number of benzene rings is 1. The van der Waals surface area contributed by atoms with Crippen LogP contribution in [0.2, 0.25) is 0 Å². The van der Waals surface area contributed by atoms with E-state index in [1.165, 1.54) is 13.1 Å². The Morgan fingerprint density at radius 3 is 2.45 bits per heavy atom. The highest BCUT2D eigenvalue weighted by Crippen LogP contribution is 2.34. The summed E-state index contributed by atoms with van der Waals surface area (Å²) in [4.78, 5) is 23.3. The summed E-state index contributed by atoms with van der Waals surface area (Å²) in [5.41, 5.74) is -1.56. The highest BCUT2D eigenvalue weighted by atomic mass is 79.9. The van der Waals surface area contributed by atoms with E-state index in [0.29, 0.717) is 0 Å². The number of carboxylic acid groups (broad SMARTS) is 1. The zero-order valence-corrected chi connectivity index (χ0v) is 12.0. The van der Waals surface area contributed by atoms with Gasteiger partial charge in [-0.1, -0.05) is 15.9 Å². The van der Waals surface area contributed by atoms with Gasteiger partial charge in [-0.3, -0.25) is 9.59 Å². The van der Waals surface area contributed by atoms with Crippen LogP contribution >= 0.6 is 15.9 Å². The number of halogens is 4. The Bertz CT molecular complexity index is 531. The summed E-state index contributed by atoms with van der Waals surface area (Å²) in [6, 6.07) is 3.21. The monoisotopic (exact) mass is 353 g/mol. The van der Waals surface area contributed by atoms with E-state index < -0.39 is 29.2 Å². The number of alkyl halides is 3. The molecule has 0 radical (unpaired) electrons. The Hall–Kier alpha value is -1.57. The van der Waals surface area contributed by atoms with Gasteiger partial charge in [-0.05, 0) is 18.2 Å². The minimum atomic E-state index is -4.66. The second kappa shape index (κ2) is 6.25. The van der Waals surface area contributed by atoms with Crippen LogP contribution in [0.3, 0.4) is 0 Å². The SMILES string of the molecule is CN(CCC(=O)O)C(=O)c1ccc(Br)cc1C(F)(F)F. The van der Waals surface area contributed by atoms with Crippen molar-refractivity contribution in [3.05, 3.63) is 33.8 Å². The summed E-state index contributed by atoms with van der Waals surface area (Å²) < 4.78 is 38.8. The van der Waals surface area contributed by atoms with Gasteiger partial charge < -0.3 is 10.0 Å². The lowest BCUT2D eigenvalue weighted by atomic mass is 10.1. The Morgan fingerprint density at radius 2 is 1.95 bits per heavy atom. The highest BCUT2D eigenvalue weighted by Gasteiger charge is 2.36. The van der Waals surface area contributed by atoms with Crippen LogP contribution in [0.4, 0.5) is 13.2 Å². The summed E-state index contributed by atoms with van der Waals surface area (Å²) in [5, 5.41) is 8.51. The fourth-order valence-corrected chi connectivity index (χ4v) is 1.87. The summed E-state index contributed by atoms with van der Waals surface area (Å²) in [5.74, 6) is -2.00. The molecule has 0 unspecified atom stereocenters. The summed E-state index contributed by atoms with van der Waals surface area (Å²) >= 11 is 2.92. The van der Waals surface area contributed by atoms with Gasteiger partial charge in [-0.25, -0.2) is 0 Å². The summed E-state index contributed by atoms with van der Waals surface area (Å²) in [6.45, 7) is -0.165. The van der Waals surface area contributed by atoms with Gasteiger partial charge in [0.15, 0.2) is 0 Å². The molecule has 110 valence electrons. The quantitative estimate of drug-likeness (QED) is 0.905. The first kappa shape index (κ1) is 16.5. The second-order valence-electron chi connectivity index (χ2n) is 4.06. The number of rotatable bonds is 4. The molecule has 1 rings (SSSR count). The molecular formula is C12H11BrF3NO3. The Labute approximate surface area is 121 Å². The molecule has 0 aliphatic rings. The normalized spacial score (nSPS) is 11.2. The molecule has 0 aromatic heterocycles. The van der Waals surface area contributed by atoms with Gasteiger partial charge in [0.2, 0.25) is 0 Å². The Morgan fingerprint density at radius 1 is 1.35 bits per heavy atom. The average molecular weight is 354 g/mol. The minimum Gasteiger partial charge on any atom is -0.481 e. The van der Waals surface area contributed by atoms with E-state index in [9.17, 15) is 22.8 Å². The van der Waals surface area contributed by atoms with Gasteiger partial charge in [-0.15, -0.1) is 0 Å². The molecule has 0 aliphatic heterocycles. The maximum Gasteiger partial charge on any atom is 0.417 e. The van der Waals surface area contributed by atoms with Crippen molar-refractivity contribution in [2.75, 3.05) is 13.6 Å². The molecule has 0 fully saturated rings. The smallest absolute Gasteiger partial charge is 0.417 e. The number of amides is 1. The maximum absolute atomic E-state index is 12.9. The number of aliphatic carboxylic acids is 1. The van der Waals surface area contributed by atoms with Gasteiger partial charge in [0.05, 0.1) is 17.5 Å². The molecule has 8 heteroatoms. The van der Waals surface area contributed by atoms with Crippen LogP contribution in [0, 0.1) is 0 Å². The first-order valence-corrected chi connectivity index (χ1v) is 6.26. The summed E-state index contributed by atoms with van der Waals surface area (Å²) in [6.07, 6.45) is -5.00. The van der Waals surface area contributed by atoms with E-state index in [-0.39, 0.29) is 17.4 Å². The molecular weight excluding hydrogens is 343 g/mol. The Kier molecular flexibility index (Phi) is 5.15. The number of carbonyl (C=O) groups excluding carboxylic acids is 1. The van der Waals surface area contributed by atoms with Crippen molar-refractivity contribution in [3.63, 3.8) is 0 Å². The van der Waals surface area contributed by atoms with Crippen molar-refractivity contribution in [1.82, 2.24) is 4.90 Å². The van der Waals surface area contributed by atoms with Crippen LogP contribution in [0.1, 0.15) is 22.3 Å². The first-order valence-electron chi connectivity index (χ1n) is 5.47. The van der Waals surface area contributed by atoms with E-state index in [4.69, 9.17) is 5.11 Å². The number of hydrogen-bond acceptors (Lipinski definition) is 2. The average Bonchev–Trinajstić information content (AvgIpc) is 2.33. The molecule has 1 aromatic rings. The third kappa shape index (κ3) is 4.22. The van der Waals surface area contributed by atoms with Crippen LogP contribution in [-0.2, 0) is 11.0 Å². The summed E-state index contributed by atoms with van der Waals surface area (Å²) in [7, 11) is 1.26. The molecule has 1 amide bonds. The van der Waals surface area contributed by atoms with E-state index >= 15 is 0 Å². The van der Waals surface area contributed by atoms with Crippen LogP contribution < -0.4 is 0 Å². The topological polar surface area (TPSA) is 57.6 Å². The van der Waals surface area contributed by atoms with Gasteiger partial charge in [0, 0.05) is 18.1 Å². The lowest BCUT2D eigenvalue weighted by Gasteiger charge is -2.19. The van der Waals surface area contributed by atoms with E-state index in [2.05, 4.69) is 15.9 Å². The van der Waals surface area contributed by atoms with Crippen molar-refractivity contribution in [2.45, 2.75) is 12.6 Å². The van der Waals surface area contributed by atoms with Gasteiger partial charge in [0.25, 0.3) is 5.91 Å². The van der Waals surface area contributed by atoms with Crippen molar-refractivity contribution in [1.29, 1.82) is 0 Å². The number of carbonyl (C=O) groups is 2. The van der Waals surface area contributed by atoms with Crippen molar-refractivity contribution < 1.29 is 27.9 Å². The van der Waals surface area contributed by atoms with Crippen LogP contribution in [0.5, 0.6) is 0 Å². The molecule has 0 heterocycles. The highest BCUT2D eigenvalue weighted by molar-refractivity contribution is 9.10. The molecule has 1 aromatic carbocycles. The zero-order valence-electron chi connectivity index (χ0n) is 10.4. The van der Waals surface area contributed by atoms with Crippen molar-refractivity contribution >= 4 is 27.8 Å². The predicted molar refractivity (Wildman–Crippen MR) is 68.4 cm³/mol. The third-order valence-electron chi connectivity index (χ3n) is 2.53. The predicted octanol–water partition coefficient (Wildman–Crippen LogP) is 3.01. The van der Waals surface area contributed by atoms with Crippen LogP contribution in [-0.4, -0.2) is 35.5 Å². The lowest BCUT2D eigenvalue weighted by molar-refractivity contribution is -0.138.